The van der Waals surface area contributed by atoms with E-state index in [0.29, 0.717) is 17.9 Å². The van der Waals surface area contributed by atoms with Gasteiger partial charge in [0.2, 0.25) is 0 Å². The lowest BCUT2D eigenvalue weighted by molar-refractivity contribution is -0.141. The van der Waals surface area contributed by atoms with Gasteiger partial charge in [-0.05, 0) is 82.0 Å². The van der Waals surface area contributed by atoms with Gasteiger partial charge in [0.25, 0.3) is 11.7 Å². The Labute approximate surface area is 201 Å². The quantitative estimate of drug-likeness (QED) is 0.331. The minimum absolute atomic E-state index is 0.0109. The third-order valence-electron chi connectivity index (χ3n) is 6.49. The van der Waals surface area contributed by atoms with Crippen LogP contribution in [0.15, 0.2) is 48.0 Å². The molecule has 2 aliphatic rings. The molecule has 1 amide bonds. The molecule has 1 saturated heterocycles. The molecular formula is C28H33NO5. The van der Waals surface area contributed by atoms with Gasteiger partial charge in [0, 0.05) is 11.6 Å². The monoisotopic (exact) mass is 463 g/mol. The molecule has 6 heteroatoms. The van der Waals surface area contributed by atoms with Crippen LogP contribution in [0.1, 0.15) is 69.2 Å². The Hall–Kier alpha value is -3.28. The van der Waals surface area contributed by atoms with Gasteiger partial charge in [0.15, 0.2) is 0 Å². The summed E-state index contributed by atoms with van der Waals surface area (Å²) in [5.41, 5.74) is 2.22. The molecule has 1 aliphatic heterocycles. The summed E-state index contributed by atoms with van der Waals surface area (Å²) in [7, 11) is 0. The van der Waals surface area contributed by atoms with Crippen LogP contribution in [0.4, 0.5) is 0 Å². The van der Waals surface area contributed by atoms with Crippen LogP contribution in [0.5, 0.6) is 11.5 Å². The first-order valence-electron chi connectivity index (χ1n) is 12.1. The number of rotatable bonds is 7. The van der Waals surface area contributed by atoms with Crippen molar-refractivity contribution >= 4 is 17.4 Å². The van der Waals surface area contributed by atoms with Crippen LogP contribution in [0, 0.1) is 6.92 Å². The molecule has 0 spiro atoms. The molecule has 1 N–H and O–H groups in total. The van der Waals surface area contributed by atoms with Gasteiger partial charge in [-0.1, -0.05) is 25.0 Å². The molecule has 1 heterocycles. The molecule has 180 valence electrons. The van der Waals surface area contributed by atoms with Crippen molar-refractivity contribution < 1.29 is 24.2 Å². The van der Waals surface area contributed by atoms with E-state index in [1.807, 2.05) is 52.0 Å². The van der Waals surface area contributed by atoms with Crippen molar-refractivity contribution in [1.82, 2.24) is 4.90 Å². The smallest absolute Gasteiger partial charge is 0.295 e. The Balaban J connectivity index is 1.85. The second-order valence-corrected chi connectivity index (χ2v) is 9.30. The molecule has 1 saturated carbocycles. The van der Waals surface area contributed by atoms with Crippen LogP contribution in [-0.4, -0.2) is 40.4 Å². The highest BCUT2D eigenvalue weighted by Gasteiger charge is 2.49. The van der Waals surface area contributed by atoms with E-state index in [2.05, 4.69) is 0 Å². The number of likely N-dealkylation sites (tertiary alicyclic amines) is 1. The zero-order valence-corrected chi connectivity index (χ0v) is 20.3. The van der Waals surface area contributed by atoms with Crippen LogP contribution in [-0.2, 0) is 9.59 Å². The van der Waals surface area contributed by atoms with E-state index in [-0.39, 0.29) is 23.5 Å². The zero-order valence-electron chi connectivity index (χ0n) is 20.3. The summed E-state index contributed by atoms with van der Waals surface area (Å²) in [6, 6.07) is 12.1. The number of amides is 1. The summed E-state index contributed by atoms with van der Waals surface area (Å²) in [6.07, 6.45) is 3.74. The number of hydrogen-bond acceptors (Lipinski definition) is 5. The van der Waals surface area contributed by atoms with Crippen LogP contribution in [0.25, 0.3) is 5.76 Å². The average molecular weight is 464 g/mol. The number of Topliss-reactive ketones (excluding diaryl/α,β-unsaturated/α-hetero) is 1. The standard InChI is InChI=1S/C28H33NO5/c1-5-33-23-14-13-20(15-18(23)4)26(30)24-25(19-9-8-12-22(16-19)34-17(2)3)29(28(32)27(24)31)21-10-6-7-11-21/h8-9,12-17,21,25,30H,5-7,10-11H2,1-4H3/b26-24+. The zero-order chi connectivity index (χ0) is 24.4. The Kier molecular flexibility index (Phi) is 6.96. The maximum atomic E-state index is 13.3. The Morgan fingerprint density at radius 2 is 1.85 bits per heavy atom. The van der Waals surface area contributed by atoms with Crippen molar-refractivity contribution in [2.45, 2.75) is 71.6 Å². The van der Waals surface area contributed by atoms with Gasteiger partial charge >= 0.3 is 0 Å². The highest BCUT2D eigenvalue weighted by Crippen LogP contribution is 2.44. The van der Waals surface area contributed by atoms with Gasteiger partial charge in [0.1, 0.15) is 17.3 Å². The van der Waals surface area contributed by atoms with Crippen molar-refractivity contribution in [3.05, 3.63) is 64.7 Å². The number of aryl methyl sites for hydroxylation is 1. The Morgan fingerprint density at radius 1 is 1.12 bits per heavy atom. The highest BCUT2D eigenvalue weighted by atomic mass is 16.5. The van der Waals surface area contributed by atoms with E-state index >= 15 is 0 Å². The molecule has 1 atom stereocenters. The van der Waals surface area contributed by atoms with E-state index in [0.717, 1.165) is 42.6 Å². The van der Waals surface area contributed by atoms with Gasteiger partial charge in [-0.25, -0.2) is 0 Å². The second kappa shape index (κ2) is 9.92. The van der Waals surface area contributed by atoms with E-state index in [4.69, 9.17) is 9.47 Å². The number of aliphatic hydroxyl groups excluding tert-OH is 1. The number of nitrogens with zero attached hydrogens (tertiary/aromatic N) is 1. The molecule has 2 aromatic carbocycles. The molecule has 34 heavy (non-hydrogen) atoms. The molecular weight excluding hydrogens is 430 g/mol. The number of carbonyl (C=O) groups is 2. The molecule has 6 nitrogen and oxygen atoms in total. The molecule has 0 aromatic heterocycles. The van der Waals surface area contributed by atoms with Crippen molar-refractivity contribution in [3.8, 4) is 11.5 Å². The minimum Gasteiger partial charge on any atom is -0.507 e. The lowest BCUT2D eigenvalue weighted by Crippen LogP contribution is -2.37. The fourth-order valence-electron chi connectivity index (χ4n) is 5.04. The molecule has 1 unspecified atom stereocenters. The van der Waals surface area contributed by atoms with Crippen molar-refractivity contribution in [1.29, 1.82) is 0 Å². The number of ether oxygens (including phenoxy) is 2. The number of ketones is 1. The number of hydrogen-bond donors (Lipinski definition) is 1. The summed E-state index contributed by atoms with van der Waals surface area (Å²) in [4.78, 5) is 28.3. The van der Waals surface area contributed by atoms with E-state index < -0.39 is 17.7 Å². The molecule has 4 rings (SSSR count). The van der Waals surface area contributed by atoms with Crippen molar-refractivity contribution in [3.63, 3.8) is 0 Å². The van der Waals surface area contributed by atoms with Crippen molar-refractivity contribution in [2.24, 2.45) is 0 Å². The fraction of sp³-hybridized carbons (Fsp3) is 0.429. The molecule has 0 bridgehead atoms. The summed E-state index contributed by atoms with van der Waals surface area (Å²) in [5, 5.41) is 11.4. The van der Waals surface area contributed by atoms with Crippen LogP contribution < -0.4 is 9.47 Å². The Morgan fingerprint density at radius 3 is 2.50 bits per heavy atom. The molecule has 2 fully saturated rings. The lowest BCUT2D eigenvalue weighted by Gasteiger charge is -2.31. The van der Waals surface area contributed by atoms with E-state index in [1.54, 1.807) is 23.1 Å². The average Bonchev–Trinajstić information content (AvgIpc) is 3.41. The maximum absolute atomic E-state index is 13.3. The Bertz CT molecular complexity index is 1110. The van der Waals surface area contributed by atoms with Crippen LogP contribution in [0.3, 0.4) is 0 Å². The largest absolute Gasteiger partial charge is 0.507 e. The lowest BCUT2D eigenvalue weighted by atomic mass is 9.94. The third-order valence-corrected chi connectivity index (χ3v) is 6.49. The van der Waals surface area contributed by atoms with Gasteiger partial charge in [-0.15, -0.1) is 0 Å². The fourth-order valence-corrected chi connectivity index (χ4v) is 5.04. The van der Waals surface area contributed by atoms with E-state index in [9.17, 15) is 14.7 Å². The molecule has 1 aliphatic carbocycles. The van der Waals surface area contributed by atoms with E-state index in [1.165, 1.54) is 0 Å². The highest BCUT2D eigenvalue weighted by molar-refractivity contribution is 6.46. The van der Waals surface area contributed by atoms with Crippen LogP contribution in [0.2, 0.25) is 0 Å². The first-order chi connectivity index (χ1) is 16.3. The summed E-state index contributed by atoms with van der Waals surface area (Å²) >= 11 is 0. The van der Waals surface area contributed by atoms with Gasteiger partial charge < -0.3 is 19.5 Å². The summed E-state index contributed by atoms with van der Waals surface area (Å²) in [5.74, 6) is 0.0412. The predicted octanol–water partition coefficient (Wildman–Crippen LogP) is 5.55. The van der Waals surface area contributed by atoms with Gasteiger partial charge in [-0.3, -0.25) is 9.59 Å². The second-order valence-electron chi connectivity index (χ2n) is 9.30. The minimum atomic E-state index is -0.661. The normalized spacial score (nSPS) is 20.4. The topological polar surface area (TPSA) is 76.1 Å². The number of aliphatic hydroxyl groups is 1. The van der Waals surface area contributed by atoms with Gasteiger partial charge in [0.05, 0.1) is 24.3 Å². The first-order valence-corrected chi connectivity index (χ1v) is 12.1. The third kappa shape index (κ3) is 4.54. The number of carbonyl (C=O) groups excluding carboxylic acids is 2. The molecule has 0 radical (unpaired) electrons. The molecule has 2 aromatic rings. The number of benzene rings is 2. The van der Waals surface area contributed by atoms with Crippen LogP contribution >= 0.6 is 0 Å². The SMILES string of the molecule is CCOc1ccc(/C(O)=C2\C(=O)C(=O)N(C3CCCC3)C2c2cccc(OC(C)C)c2)cc1C. The predicted molar refractivity (Wildman–Crippen MR) is 131 cm³/mol. The van der Waals surface area contributed by atoms with Gasteiger partial charge in [-0.2, -0.15) is 0 Å². The maximum Gasteiger partial charge on any atom is 0.295 e. The first kappa shape index (κ1) is 23.9. The van der Waals surface area contributed by atoms with Crippen molar-refractivity contribution in [2.75, 3.05) is 6.61 Å². The summed E-state index contributed by atoms with van der Waals surface area (Å²) in [6.45, 7) is 8.24. The summed E-state index contributed by atoms with van der Waals surface area (Å²) < 4.78 is 11.5.